The van der Waals surface area contributed by atoms with Crippen LogP contribution in [0.4, 0.5) is 13.2 Å². The Kier molecular flexibility index (Phi) is 7.06. The van der Waals surface area contributed by atoms with Crippen LogP contribution in [-0.2, 0) is 4.79 Å². The fraction of sp³-hybridized carbons (Fsp3) is 0.600. The van der Waals surface area contributed by atoms with Gasteiger partial charge in [0.25, 0.3) is 0 Å². The van der Waals surface area contributed by atoms with Crippen LogP contribution in [0.25, 0.3) is 0 Å². The molecule has 0 aliphatic rings. The Bertz CT molecular complexity index is 511. The Morgan fingerprint density at radius 3 is 2.41 bits per heavy atom. The Labute approximate surface area is 132 Å². The Hall–Kier alpha value is -1.37. The highest BCUT2D eigenvalue weighted by molar-refractivity contribution is 7.14. The first kappa shape index (κ1) is 18.7. The minimum absolute atomic E-state index is 0.0563. The quantitative estimate of drug-likeness (QED) is 0.667. The van der Waals surface area contributed by atoms with Gasteiger partial charge < -0.3 is 4.90 Å². The Balaban J connectivity index is 2.56. The number of aryl methyl sites for hydroxylation is 1. The number of hydrogen-bond donors (Lipinski definition) is 0. The first-order chi connectivity index (χ1) is 10.2. The third-order valence-corrected chi connectivity index (χ3v) is 4.13. The van der Waals surface area contributed by atoms with Gasteiger partial charge in [0.15, 0.2) is 5.78 Å². The lowest BCUT2D eigenvalue weighted by Crippen LogP contribution is -2.39. The molecule has 0 spiro atoms. The van der Waals surface area contributed by atoms with Crippen molar-refractivity contribution in [3.63, 3.8) is 0 Å². The number of Topliss-reactive ketones (excluding diaryl/α,β-unsaturated/α-hetero) is 1. The summed E-state index contributed by atoms with van der Waals surface area (Å²) in [6.45, 7) is 2.53. The third kappa shape index (κ3) is 6.60. The summed E-state index contributed by atoms with van der Waals surface area (Å²) in [6, 6.07) is 3.48. The highest BCUT2D eigenvalue weighted by atomic mass is 32.1. The van der Waals surface area contributed by atoms with Crippen LogP contribution in [0, 0.1) is 6.92 Å². The lowest BCUT2D eigenvalue weighted by atomic mass is 10.1. The number of carbonyl (C=O) groups excluding carboxylic acids is 2. The summed E-state index contributed by atoms with van der Waals surface area (Å²) in [5.74, 6) is -0.818. The zero-order valence-electron chi connectivity index (χ0n) is 12.7. The molecule has 0 saturated carbocycles. The van der Waals surface area contributed by atoms with Gasteiger partial charge in [-0.2, -0.15) is 13.2 Å². The van der Waals surface area contributed by atoms with Crippen LogP contribution in [0.1, 0.15) is 47.2 Å². The van der Waals surface area contributed by atoms with Crippen molar-refractivity contribution in [2.45, 2.75) is 45.7 Å². The molecule has 0 aliphatic carbocycles. The summed E-state index contributed by atoms with van der Waals surface area (Å²) in [5.41, 5.74) is 0. The lowest BCUT2D eigenvalue weighted by Gasteiger charge is -2.23. The van der Waals surface area contributed by atoms with E-state index >= 15 is 0 Å². The average Bonchev–Trinajstić information content (AvgIpc) is 2.85. The van der Waals surface area contributed by atoms with E-state index in [1.54, 1.807) is 12.1 Å². The molecule has 0 saturated heterocycles. The molecule has 124 valence electrons. The van der Waals surface area contributed by atoms with Crippen molar-refractivity contribution in [1.82, 2.24) is 4.90 Å². The summed E-state index contributed by atoms with van der Waals surface area (Å²) in [5, 5.41) is 0. The highest BCUT2D eigenvalue weighted by Crippen LogP contribution is 2.20. The number of unbranched alkanes of at least 4 members (excludes halogenated alkanes) is 1. The van der Waals surface area contributed by atoms with Crippen LogP contribution >= 0.6 is 11.3 Å². The van der Waals surface area contributed by atoms with Crippen molar-refractivity contribution in [3.05, 3.63) is 21.9 Å². The second-order valence-electron chi connectivity index (χ2n) is 5.12. The molecule has 1 aromatic heterocycles. The zero-order chi connectivity index (χ0) is 16.8. The normalized spacial score (nSPS) is 11.5. The van der Waals surface area contributed by atoms with Gasteiger partial charge in [0.05, 0.1) is 4.88 Å². The van der Waals surface area contributed by atoms with Gasteiger partial charge in [-0.25, -0.2) is 0 Å². The van der Waals surface area contributed by atoms with Crippen LogP contribution in [0.5, 0.6) is 0 Å². The molecular weight excluding hydrogens is 315 g/mol. The van der Waals surface area contributed by atoms with Gasteiger partial charge >= 0.3 is 6.18 Å². The number of alkyl halides is 3. The van der Waals surface area contributed by atoms with Crippen molar-refractivity contribution in [1.29, 1.82) is 0 Å². The van der Waals surface area contributed by atoms with Crippen molar-refractivity contribution < 1.29 is 22.8 Å². The second kappa shape index (κ2) is 8.31. The van der Waals surface area contributed by atoms with Crippen LogP contribution in [-0.4, -0.2) is 35.9 Å². The predicted molar refractivity (Wildman–Crippen MR) is 80.2 cm³/mol. The minimum atomic E-state index is -4.42. The lowest BCUT2D eigenvalue weighted by molar-refractivity contribution is -0.161. The first-order valence-electron chi connectivity index (χ1n) is 7.17. The molecule has 1 aromatic rings. The van der Waals surface area contributed by atoms with Gasteiger partial charge in [0, 0.05) is 24.3 Å². The fourth-order valence-corrected chi connectivity index (χ4v) is 2.78. The maximum absolute atomic E-state index is 12.5. The highest BCUT2D eigenvalue weighted by Gasteiger charge is 2.32. The Morgan fingerprint density at radius 1 is 1.23 bits per heavy atom. The van der Waals surface area contributed by atoms with E-state index < -0.39 is 18.6 Å². The summed E-state index contributed by atoms with van der Waals surface area (Å²) < 4.78 is 37.5. The van der Waals surface area contributed by atoms with Crippen LogP contribution in [0.15, 0.2) is 12.1 Å². The van der Waals surface area contributed by atoms with Gasteiger partial charge in [-0.05, 0) is 25.5 Å². The van der Waals surface area contributed by atoms with Crippen LogP contribution < -0.4 is 0 Å². The van der Waals surface area contributed by atoms with Crippen molar-refractivity contribution in [2.75, 3.05) is 13.1 Å². The van der Waals surface area contributed by atoms with Crippen molar-refractivity contribution >= 4 is 23.0 Å². The number of nitrogens with zero attached hydrogens (tertiary/aromatic N) is 1. The number of halogens is 3. The molecular formula is C15H20F3NO2S. The van der Waals surface area contributed by atoms with Crippen LogP contribution in [0.3, 0.4) is 0 Å². The molecule has 0 aromatic carbocycles. The summed E-state index contributed by atoms with van der Waals surface area (Å²) >= 11 is 1.33. The van der Waals surface area contributed by atoms with Gasteiger partial charge in [0.2, 0.25) is 5.91 Å². The van der Waals surface area contributed by atoms with Gasteiger partial charge in [-0.1, -0.05) is 13.3 Å². The van der Waals surface area contributed by atoms with E-state index in [2.05, 4.69) is 0 Å². The molecule has 0 radical (unpaired) electrons. The molecule has 22 heavy (non-hydrogen) atoms. The molecule has 0 N–H and O–H groups in total. The monoisotopic (exact) mass is 335 g/mol. The number of thiophene rings is 1. The third-order valence-electron chi connectivity index (χ3n) is 3.09. The average molecular weight is 335 g/mol. The van der Waals surface area contributed by atoms with E-state index in [-0.39, 0.29) is 25.2 Å². The molecule has 0 aliphatic heterocycles. The number of amides is 1. The van der Waals surface area contributed by atoms with Crippen molar-refractivity contribution in [2.24, 2.45) is 0 Å². The molecule has 1 rings (SSSR count). The standard InChI is InChI=1S/C15H20F3NO2S/c1-3-4-9-19(10-15(16,17)18)14(21)8-6-12(20)13-7-5-11(2)22-13/h5,7H,3-4,6,8-10H2,1-2H3. The number of hydrogen-bond acceptors (Lipinski definition) is 3. The smallest absolute Gasteiger partial charge is 0.334 e. The van der Waals surface area contributed by atoms with E-state index in [4.69, 9.17) is 0 Å². The van der Waals surface area contributed by atoms with Crippen molar-refractivity contribution in [3.8, 4) is 0 Å². The van der Waals surface area contributed by atoms with E-state index in [1.807, 2.05) is 13.8 Å². The number of rotatable bonds is 8. The number of carbonyl (C=O) groups is 2. The van der Waals surface area contributed by atoms with Crippen LogP contribution in [0.2, 0.25) is 0 Å². The Morgan fingerprint density at radius 2 is 1.91 bits per heavy atom. The summed E-state index contributed by atoms with van der Waals surface area (Å²) in [4.78, 5) is 26.2. The molecule has 7 heteroatoms. The zero-order valence-corrected chi connectivity index (χ0v) is 13.5. The minimum Gasteiger partial charge on any atom is -0.334 e. The summed E-state index contributed by atoms with van der Waals surface area (Å²) in [7, 11) is 0. The summed E-state index contributed by atoms with van der Waals surface area (Å²) in [6.07, 6.45) is -3.44. The predicted octanol–water partition coefficient (Wildman–Crippen LogP) is 4.21. The molecule has 0 unspecified atom stereocenters. The van der Waals surface area contributed by atoms with Gasteiger partial charge in [-0.15, -0.1) is 11.3 Å². The van der Waals surface area contributed by atoms with Gasteiger partial charge in [-0.3, -0.25) is 9.59 Å². The molecule has 0 bridgehead atoms. The molecule has 0 fully saturated rings. The van der Waals surface area contributed by atoms with E-state index in [0.29, 0.717) is 17.7 Å². The maximum Gasteiger partial charge on any atom is 0.406 e. The van der Waals surface area contributed by atoms with E-state index in [9.17, 15) is 22.8 Å². The fourth-order valence-electron chi connectivity index (χ4n) is 1.94. The van der Waals surface area contributed by atoms with E-state index in [1.165, 1.54) is 11.3 Å². The SMILES string of the molecule is CCCCN(CC(F)(F)F)C(=O)CCC(=O)c1ccc(C)s1. The first-order valence-corrected chi connectivity index (χ1v) is 7.98. The topological polar surface area (TPSA) is 37.4 Å². The van der Waals surface area contributed by atoms with Gasteiger partial charge in [0.1, 0.15) is 6.54 Å². The second-order valence-corrected chi connectivity index (χ2v) is 6.41. The molecule has 1 heterocycles. The molecule has 0 atom stereocenters. The molecule has 1 amide bonds. The van der Waals surface area contributed by atoms with E-state index in [0.717, 1.165) is 9.78 Å². The maximum atomic E-state index is 12.5. The molecule has 3 nitrogen and oxygen atoms in total. The number of ketones is 1. The largest absolute Gasteiger partial charge is 0.406 e.